The summed E-state index contributed by atoms with van der Waals surface area (Å²) in [7, 11) is 0. The molecular weight excluding hydrogens is 378 g/mol. The van der Waals surface area contributed by atoms with Crippen molar-refractivity contribution in [1.29, 1.82) is 0 Å². The van der Waals surface area contributed by atoms with Crippen LogP contribution in [-0.2, 0) is 4.74 Å². The zero-order valence-corrected chi connectivity index (χ0v) is 15.0. The fourth-order valence-electron chi connectivity index (χ4n) is 2.01. The normalized spacial score (nSPS) is 10.3. The average molecular weight is 392 g/mol. The second-order valence-electron chi connectivity index (χ2n) is 5.01. The number of benzene rings is 1. The number of para-hydroxylation sites is 1. The molecule has 0 atom stereocenters. The van der Waals surface area contributed by atoms with Gasteiger partial charge in [0.15, 0.2) is 5.76 Å². The average Bonchev–Trinajstić information content (AvgIpc) is 3.32. The molecule has 0 fully saturated rings. The number of nitrogens with one attached hydrogen (secondary N) is 1. The van der Waals surface area contributed by atoms with E-state index in [-0.39, 0.29) is 24.9 Å². The molecule has 3 aromatic rings. The van der Waals surface area contributed by atoms with Crippen molar-refractivity contribution >= 4 is 39.8 Å². The Hall–Kier alpha value is -2.77. The maximum Gasteiger partial charge on any atom is 0.348 e. The lowest BCUT2D eigenvalue weighted by atomic mass is 10.3. The van der Waals surface area contributed by atoms with Crippen molar-refractivity contribution in [2.45, 2.75) is 0 Å². The quantitative estimate of drug-likeness (QED) is 0.474. The molecule has 8 heteroatoms. The molecule has 134 valence electrons. The molecule has 0 aliphatic rings. The van der Waals surface area contributed by atoms with Gasteiger partial charge in [-0.15, -0.1) is 11.3 Å². The molecule has 1 N–H and O–H groups in total. The van der Waals surface area contributed by atoms with Crippen LogP contribution in [-0.4, -0.2) is 25.1 Å². The highest BCUT2D eigenvalue weighted by atomic mass is 35.5. The molecule has 0 spiro atoms. The lowest BCUT2D eigenvalue weighted by molar-refractivity contribution is 0.0456. The molecule has 2 heterocycles. The highest BCUT2D eigenvalue weighted by molar-refractivity contribution is 7.18. The number of carbonyl (C=O) groups is 2. The SMILES string of the molecule is O=C(Nc1ccc(C(=O)OCCOc2ccccc2Cl)s1)c1ccco1. The highest BCUT2D eigenvalue weighted by Crippen LogP contribution is 2.24. The van der Waals surface area contributed by atoms with Crippen LogP contribution in [0.25, 0.3) is 0 Å². The van der Waals surface area contributed by atoms with Crippen molar-refractivity contribution in [3.63, 3.8) is 0 Å². The number of halogens is 1. The number of esters is 1. The topological polar surface area (TPSA) is 77.8 Å². The van der Waals surface area contributed by atoms with E-state index in [9.17, 15) is 9.59 Å². The van der Waals surface area contributed by atoms with Gasteiger partial charge in [-0.05, 0) is 36.4 Å². The maximum atomic E-state index is 12.0. The first-order valence-corrected chi connectivity index (χ1v) is 8.82. The van der Waals surface area contributed by atoms with Gasteiger partial charge < -0.3 is 19.2 Å². The molecule has 1 amide bonds. The third-order valence-electron chi connectivity index (χ3n) is 3.20. The minimum Gasteiger partial charge on any atom is -0.488 e. The van der Waals surface area contributed by atoms with Crippen LogP contribution in [0.1, 0.15) is 20.2 Å². The number of hydrogen-bond acceptors (Lipinski definition) is 6. The van der Waals surface area contributed by atoms with Crippen molar-refractivity contribution in [3.05, 3.63) is 70.5 Å². The lowest BCUT2D eigenvalue weighted by Gasteiger charge is -2.07. The summed E-state index contributed by atoms with van der Waals surface area (Å²) in [5, 5.41) is 3.67. The minimum atomic E-state index is -0.490. The summed E-state index contributed by atoms with van der Waals surface area (Å²) in [6, 6.07) is 13.4. The lowest BCUT2D eigenvalue weighted by Crippen LogP contribution is -2.11. The van der Waals surface area contributed by atoms with Crippen LogP contribution in [0.4, 0.5) is 5.00 Å². The second kappa shape index (κ2) is 8.55. The van der Waals surface area contributed by atoms with Gasteiger partial charge in [-0.25, -0.2) is 4.79 Å². The van der Waals surface area contributed by atoms with Gasteiger partial charge in [0.05, 0.1) is 16.3 Å². The summed E-state index contributed by atoms with van der Waals surface area (Å²) < 4.78 is 15.6. The molecule has 0 unspecified atom stereocenters. The van der Waals surface area contributed by atoms with Crippen LogP contribution in [0.15, 0.2) is 59.2 Å². The summed E-state index contributed by atoms with van der Waals surface area (Å²) in [4.78, 5) is 24.3. The van der Waals surface area contributed by atoms with E-state index in [0.717, 1.165) is 11.3 Å². The Labute approximate surface area is 158 Å². The van der Waals surface area contributed by atoms with Crippen LogP contribution >= 0.6 is 22.9 Å². The molecule has 0 bridgehead atoms. The first kappa shape index (κ1) is 18.0. The third-order valence-corrected chi connectivity index (χ3v) is 4.49. The predicted octanol–water partition coefficient (Wildman–Crippen LogP) is 4.48. The molecule has 0 saturated carbocycles. The van der Waals surface area contributed by atoms with E-state index >= 15 is 0 Å². The molecule has 0 aliphatic carbocycles. The predicted molar refractivity (Wildman–Crippen MR) is 98.2 cm³/mol. The van der Waals surface area contributed by atoms with Crippen LogP contribution in [0.5, 0.6) is 5.75 Å². The fraction of sp³-hybridized carbons (Fsp3) is 0.111. The molecule has 3 rings (SSSR count). The molecule has 0 saturated heterocycles. The number of furan rings is 1. The summed E-state index contributed by atoms with van der Waals surface area (Å²) in [6.07, 6.45) is 1.41. The molecule has 0 radical (unpaired) electrons. The third kappa shape index (κ3) is 4.65. The van der Waals surface area contributed by atoms with Crippen LogP contribution < -0.4 is 10.1 Å². The van der Waals surface area contributed by atoms with Gasteiger partial charge in [-0.2, -0.15) is 0 Å². The Balaban J connectivity index is 1.46. The first-order valence-electron chi connectivity index (χ1n) is 7.62. The van der Waals surface area contributed by atoms with E-state index in [0.29, 0.717) is 20.7 Å². The Morgan fingerprint density at radius 3 is 2.69 bits per heavy atom. The first-order chi connectivity index (χ1) is 12.6. The smallest absolute Gasteiger partial charge is 0.348 e. The molecule has 2 aromatic heterocycles. The number of hydrogen-bond donors (Lipinski definition) is 1. The van der Waals surface area contributed by atoms with Crippen molar-refractivity contribution < 1.29 is 23.5 Å². The Morgan fingerprint density at radius 1 is 1.08 bits per heavy atom. The second-order valence-corrected chi connectivity index (χ2v) is 6.50. The number of thiophene rings is 1. The molecule has 0 aliphatic heterocycles. The van der Waals surface area contributed by atoms with E-state index in [2.05, 4.69) is 5.32 Å². The largest absolute Gasteiger partial charge is 0.488 e. The summed E-state index contributed by atoms with van der Waals surface area (Å²) in [5.74, 6) is -0.148. The van der Waals surface area contributed by atoms with Gasteiger partial charge in [-0.3, -0.25) is 4.79 Å². The van der Waals surface area contributed by atoms with Gasteiger partial charge in [0.1, 0.15) is 23.8 Å². The van der Waals surface area contributed by atoms with E-state index < -0.39 is 5.97 Å². The van der Waals surface area contributed by atoms with E-state index in [1.807, 2.05) is 0 Å². The minimum absolute atomic E-state index is 0.0794. The molecular formula is C18H14ClNO5S. The van der Waals surface area contributed by atoms with Crippen LogP contribution in [0.2, 0.25) is 5.02 Å². The monoisotopic (exact) mass is 391 g/mol. The molecule has 6 nitrogen and oxygen atoms in total. The molecule has 1 aromatic carbocycles. The molecule has 26 heavy (non-hydrogen) atoms. The number of rotatable bonds is 7. The summed E-state index contributed by atoms with van der Waals surface area (Å²) >= 11 is 7.08. The van der Waals surface area contributed by atoms with Gasteiger partial charge in [0.2, 0.25) is 0 Å². The summed E-state index contributed by atoms with van der Waals surface area (Å²) in [5.41, 5.74) is 0. The highest BCUT2D eigenvalue weighted by Gasteiger charge is 2.14. The van der Waals surface area contributed by atoms with Gasteiger partial charge >= 0.3 is 5.97 Å². The van der Waals surface area contributed by atoms with Gasteiger partial charge in [-0.1, -0.05) is 23.7 Å². The number of ether oxygens (including phenoxy) is 2. The van der Waals surface area contributed by atoms with E-state index in [4.69, 9.17) is 25.5 Å². The Kier molecular flexibility index (Phi) is 5.93. The standard InChI is InChI=1S/C18H14ClNO5S/c19-12-4-1-2-5-13(12)24-10-11-25-18(22)15-7-8-16(26-15)20-17(21)14-6-3-9-23-14/h1-9H,10-11H2,(H,20,21). The Bertz CT molecular complexity index is 891. The van der Waals surface area contributed by atoms with Gasteiger partial charge in [0.25, 0.3) is 5.91 Å². The van der Waals surface area contributed by atoms with Crippen LogP contribution in [0.3, 0.4) is 0 Å². The van der Waals surface area contributed by atoms with Gasteiger partial charge in [0, 0.05) is 0 Å². The zero-order valence-electron chi connectivity index (χ0n) is 13.4. The number of amides is 1. The van der Waals surface area contributed by atoms with Crippen molar-refractivity contribution in [2.75, 3.05) is 18.5 Å². The maximum absolute atomic E-state index is 12.0. The number of carbonyl (C=O) groups excluding carboxylic acids is 2. The van der Waals surface area contributed by atoms with E-state index in [1.54, 1.807) is 48.5 Å². The Morgan fingerprint density at radius 2 is 1.92 bits per heavy atom. The van der Waals surface area contributed by atoms with E-state index in [1.165, 1.54) is 6.26 Å². The summed E-state index contributed by atoms with van der Waals surface area (Å²) in [6.45, 7) is 0.263. The van der Waals surface area contributed by atoms with Crippen molar-refractivity contribution in [1.82, 2.24) is 0 Å². The number of anilines is 1. The van der Waals surface area contributed by atoms with Crippen molar-refractivity contribution in [3.8, 4) is 5.75 Å². The van der Waals surface area contributed by atoms with Crippen LogP contribution in [0, 0.1) is 0 Å². The van der Waals surface area contributed by atoms with Crippen molar-refractivity contribution in [2.24, 2.45) is 0 Å². The zero-order chi connectivity index (χ0) is 18.4. The fourth-order valence-corrected chi connectivity index (χ4v) is 3.00.